The van der Waals surface area contributed by atoms with Crippen molar-refractivity contribution in [1.29, 1.82) is 0 Å². The van der Waals surface area contributed by atoms with Crippen molar-refractivity contribution in [3.8, 4) is 0 Å². The smallest absolute Gasteiger partial charge is 0.246 e. The van der Waals surface area contributed by atoms with Crippen LogP contribution in [0.5, 0.6) is 0 Å². The third-order valence-corrected chi connectivity index (χ3v) is 1.53. The largest absolute Gasteiger partial charge is 0.393 e. The highest BCUT2D eigenvalue weighted by Gasteiger charge is 2.27. The van der Waals surface area contributed by atoms with Gasteiger partial charge in [0, 0.05) is 0 Å². The maximum absolute atomic E-state index is 10.5. The van der Waals surface area contributed by atoms with Gasteiger partial charge in [0.25, 0.3) is 0 Å². The number of aliphatic hydroxyl groups is 2. The number of carbonyl (C=O) groups excluding carboxylic acids is 1. The van der Waals surface area contributed by atoms with Crippen LogP contribution in [0.15, 0.2) is 0 Å². The first-order chi connectivity index (χ1) is 5.45. The predicted octanol–water partition coefficient (Wildman–Crippen LogP) is -1.38. The van der Waals surface area contributed by atoms with E-state index in [0.717, 1.165) is 0 Å². The Kier molecular flexibility index (Phi) is 4.16. The van der Waals surface area contributed by atoms with Crippen molar-refractivity contribution < 1.29 is 19.7 Å². The number of rotatable bonds is 5. The van der Waals surface area contributed by atoms with E-state index >= 15 is 0 Å². The van der Waals surface area contributed by atoms with E-state index in [4.69, 9.17) is 20.7 Å². The van der Waals surface area contributed by atoms with Crippen molar-refractivity contribution in [3.63, 3.8) is 0 Å². The van der Waals surface area contributed by atoms with Crippen molar-refractivity contribution in [1.82, 2.24) is 0 Å². The molecule has 0 fully saturated rings. The molecule has 0 spiro atoms. The molecule has 72 valence electrons. The van der Waals surface area contributed by atoms with Gasteiger partial charge in [0.2, 0.25) is 5.91 Å². The molecule has 1 atom stereocenters. The van der Waals surface area contributed by atoms with Crippen LogP contribution < -0.4 is 5.73 Å². The molecule has 0 rings (SSSR count). The highest BCUT2D eigenvalue weighted by molar-refractivity contribution is 5.78. The lowest BCUT2D eigenvalue weighted by atomic mass is 10.1. The zero-order chi connectivity index (χ0) is 9.78. The molecule has 0 aromatic heterocycles. The lowest BCUT2D eigenvalue weighted by Gasteiger charge is -2.27. The van der Waals surface area contributed by atoms with Crippen LogP contribution in [0.1, 0.15) is 13.8 Å². The molecular weight excluding hydrogens is 162 g/mol. The molecule has 0 aliphatic rings. The Labute approximate surface area is 71.1 Å². The van der Waals surface area contributed by atoms with E-state index in [1.54, 1.807) is 0 Å². The first kappa shape index (κ1) is 11.4. The Morgan fingerprint density at radius 1 is 1.58 bits per heavy atom. The first-order valence-corrected chi connectivity index (χ1v) is 3.64. The van der Waals surface area contributed by atoms with Gasteiger partial charge in [0.15, 0.2) is 0 Å². The van der Waals surface area contributed by atoms with E-state index in [1.165, 1.54) is 13.8 Å². The van der Waals surface area contributed by atoms with E-state index in [1.807, 2.05) is 0 Å². The Bertz CT molecular complexity index is 155. The average Bonchev–Trinajstić information content (AvgIpc) is 2.04. The first-order valence-electron chi connectivity index (χ1n) is 3.64. The predicted molar refractivity (Wildman–Crippen MR) is 42.3 cm³/mol. The molecule has 0 saturated heterocycles. The minimum Gasteiger partial charge on any atom is -0.393 e. The Hall–Kier alpha value is -0.650. The highest BCUT2D eigenvalue weighted by atomic mass is 16.5. The summed E-state index contributed by atoms with van der Waals surface area (Å²) >= 11 is 0. The number of carbonyl (C=O) groups is 1. The highest BCUT2D eigenvalue weighted by Crippen LogP contribution is 2.11. The van der Waals surface area contributed by atoms with Crippen molar-refractivity contribution in [3.05, 3.63) is 0 Å². The number of hydrogen-bond donors (Lipinski definition) is 3. The molecule has 0 heterocycles. The fraction of sp³-hybridized carbons (Fsp3) is 0.857. The summed E-state index contributed by atoms with van der Waals surface area (Å²) in [6.45, 7) is 2.24. The van der Waals surface area contributed by atoms with Gasteiger partial charge in [0.1, 0.15) is 11.7 Å². The minimum absolute atomic E-state index is 0.360. The summed E-state index contributed by atoms with van der Waals surface area (Å²) in [6.07, 6.45) is -0.811. The second-order valence-electron chi connectivity index (χ2n) is 2.93. The van der Waals surface area contributed by atoms with Gasteiger partial charge >= 0.3 is 0 Å². The molecule has 0 aromatic carbocycles. The SMILES string of the molecule is CC(OC(C)(CO)CO)C(N)=O. The quantitative estimate of drug-likeness (QED) is 0.482. The molecule has 12 heavy (non-hydrogen) atoms. The zero-order valence-corrected chi connectivity index (χ0v) is 7.28. The number of primary amides is 1. The summed E-state index contributed by atoms with van der Waals surface area (Å²) in [5.74, 6) is -0.622. The van der Waals surface area contributed by atoms with Gasteiger partial charge in [0.05, 0.1) is 13.2 Å². The summed E-state index contributed by atoms with van der Waals surface area (Å²) in [6, 6.07) is 0. The molecule has 0 saturated carbocycles. The fourth-order valence-corrected chi connectivity index (χ4v) is 0.609. The van der Waals surface area contributed by atoms with Crippen molar-refractivity contribution >= 4 is 5.91 Å². The second kappa shape index (κ2) is 4.39. The summed E-state index contributed by atoms with van der Waals surface area (Å²) < 4.78 is 5.02. The van der Waals surface area contributed by atoms with Crippen molar-refractivity contribution in [2.45, 2.75) is 25.6 Å². The second-order valence-corrected chi connectivity index (χ2v) is 2.93. The van der Waals surface area contributed by atoms with Crippen molar-refractivity contribution in [2.24, 2.45) is 5.73 Å². The van der Waals surface area contributed by atoms with E-state index < -0.39 is 17.6 Å². The maximum Gasteiger partial charge on any atom is 0.246 e. The van der Waals surface area contributed by atoms with Crippen LogP contribution in [0.2, 0.25) is 0 Å². The van der Waals surface area contributed by atoms with Crippen LogP contribution in [-0.4, -0.2) is 41.0 Å². The van der Waals surface area contributed by atoms with Crippen LogP contribution in [0.3, 0.4) is 0 Å². The number of ether oxygens (including phenoxy) is 1. The summed E-state index contributed by atoms with van der Waals surface area (Å²) in [7, 11) is 0. The summed E-state index contributed by atoms with van der Waals surface area (Å²) in [5.41, 5.74) is 3.82. The molecule has 0 aliphatic carbocycles. The molecule has 0 aliphatic heterocycles. The van der Waals surface area contributed by atoms with Gasteiger partial charge in [-0.15, -0.1) is 0 Å². The molecule has 5 heteroatoms. The van der Waals surface area contributed by atoms with Crippen LogP contribution in [0.4, 0.5) is 0 Å². The number of hydrogen-bond acceptors (Lipinski definition) is 4. The normalized spacial score (nSPS) is 14.3. The standard InChI is InChI=1S/C7H15NO4/c1-5(6(8)11)12-7(2,3-9)4-10/h5,9-10H,3-4H2,1-2H3,(H2,8,11). The minimum atomic E-state index is -1.10. The van der Waals surface area contributed by atoms with Crippen LogP contribution >= 0.6 is 0 Å². The molecule has 0 radical (unpaired) electrons. The van der Waals surface area contributed by atoms with Gasteiger partial charge in [-0.2, -0.15) is 0 Å². The van der Waals surface area contributed by atoms with Crippen LogP contribution in [0.25, 0.3) is 0 Å². The van der Waals surface area contributed by atoms with Crippen molar-refractivity contribution in [2.75, 3.05) is 13.2 Å². The van der Waals surface area contributed by atoms with Gasteiger partial charge < -0.3 is 20.7 Å². The summed E-state index contributed by atoms with van der Waals surface area (Å²) in [4.78, 5) is 10.5. The molecule has 5 nitrogen and oxygen atoms in total. The van der Waals surface area contributed by atoms with Gasteiger partial charge in [-0.1, -0.05) is 0 Å². The van der Waals surface area contributed by atoms with Gasteiger partial charge in [-0.3, -0.25) is 4.79 Å². The number of nitrogens with two attached hydrogens (primary N) is 1. The van der Waals surface area contributed by atoms with E-state index in [2.05, 4.69) is 0 Å². The molecule has 4 N–H and O–H groups in total. The van der Waals surface area contributed by atoms with Crippen LogP contribution in [0, 0.1) is 0 Å². The number of amides is 1. The Morgan fingerprint density at radius 2 is 2.00 bits per heavy atom. The monoisotopic (exact) mass is 177 g/mol. The van der Waals surface area contributed by atoms with E-state index in [9.17, 15) is 4.79 Å². The van der Waals surface area contributed by atoms with Gasteiger partial charge in [-0.25, -0.2) is 0 Å². The third-order valence-electron chi connectivity index (χ3n) is 1.53. The molecule has 0 aromatic rings. The Morgan fingerprint density at radius 3 is 2.25 bits per heavy atom. The molecule has 0 bridgehead atoms. The summed E-state index contributed by atoms with van der Waals surface area (Å²) in [5, 5.41) is 17.6. The molecular formula is C7H15NO4. The Balaban J connectivity index is 4.11. The lowest BCUT2D eigenvalue weighted by molar-refractivity contribution is -0.153. The number of aliphatic hydroxyl groups excluding tert-OH is 2. The average molecular weight is 177 g/mol. The van der Waals surface area contributed by atoms with E-state index in [-0.39, 0.29) is 13.2 Å². The van der Waals surface area contributed by atoms with Crippen LogP contribution in [-0.2, 0) is 9.53 Å². The topological polar surface area (TPSA) is 92.8 Å². The third kappa shape index (κ3) is 3.17. The maximum atomic E-state index is 10.5. The lowest BCUT2D eigenvalue weighted by Crippen LogP contribution is -2.44. The van der Waals surface area contributed by atoms with Gasteiger partial charge in [-0.05, 0) is 13.8 Å². The molecule has 1 amide bonds. The fourth-order valence-electron chi connectivity index (χ4n) is 0.609. The van der Waals surface area contributed by atoms with E-state index in [0.29, 0.717) is 0 Å². The molecule has 1 unspecified atom stereocenters. The zero-order valence-electron chi connectivity index (χ0n) is 7.28.